The molecule has 170 valence electrons. The fraction of sp³-hybridized carbons (Fsp3) is 0.240. The third kappa shape index (κ3) is 6.28. The third-order valence-electron chi connectivity index (χ3n) is 4.63. The largest absolute Gasteiger partial charge is 0.490 e. The molecule has 0 unspecified atom stereocenters. The number of nitrogens with zero attached hydrogens (tertiary/aromatic N) is 3. The number of halogens is 1. The molecule has 0 fully saturated rings. The Labute approximate surface area is 192 Å². The van der Waals surface area contributed by atoms with Crippen LogP contribution in [-0.4, -0.2) is 24.9 Å². The third-order valence-corrected chi connectivity index (χ3v) is 4.63. The van der Waals surface area contributed by atoms with Gasteiger partial charge in [-0.3, -0.25) is 5.43 Å². The maximum atomic E-state index is 13.9. The highest BCUT2D eigenvalue weighted by Crippen LogP contribution is 2.29. The van der Waals surface area contributed by atoms with Gasteiger partial charge >= 0.3 is 0 Å². The van der Waals surface area contributed by atoms with Gasteiger partial charge in [0.15, 0.2) is 17.3 Å². The molecule has 3 rings (SSSR count). The summed E-state index contributed by atoms with van der Waals surface area (Å²) in [5.41, 5.74) is 5.90. The Balaban J connectivity index is 1.76. The number of aryl methyl sites for hydroxylation is 1. The van der Waals surface area contributed by atoms with Gasteiger partial charge < -0.3 is 14.2 Å². The van der Waals surface area contributed by atoms with E-state index in [-0.39, 0.29) is 12.4 Å². The lowest BCUT2D eigenvalue weighted by Gasteiger charge is -2.13. The average Bonchev–Trinajstić information content (AvgIpc) is 2.80. The minimum Gasteiger partial charge on any atom is -0.490 e. The van der Waals surface area contributed by atoms with E-state index < -0.39 is 0 Å². The second-order valence-electron chi connectivity index (χ2n) is 7.08. The number of anilines is 1. The van der Waals surface area contributed by atoms with Crippen LogP contribution in [-0.2, 0) is 18.0 Å². The van der Waals surface area contributed by atoms with Crippen LogP contribution in [0.15, 0.2) is 53.6 Å². The number of benzene rings is 2. The van der Waals surface area contributed by atoms with Crippen LogP contribution in [0.4, 0.5) is 10.2 Å². The van der Waals surface area contributed by atoms with Crippen molar-refractivity contribution in [3.05, 3.63) is 82.3 Å². The summed E-state index contributed by atoms with van der Waals surface area (Å²) in [6, 6.07) is 15.7. The number of aromatic nitrogens is 1. The standard InChI is InChI=1S/C25H25FN4O3/c1-4-32-24-12-18(9-10-23(24)33-16-19-7-5-6-8-22(19)26)14-28-30-25-21(13-27)20(15-31-3)11-17(2)29-25/h5-12,14H,4,15-16H2,1-3H3,(H,29,30). The van der Waals surface area contributed by atoms with E-state index in [0.717, 1.165) is 16.8 Å². The number of nitrogens with one attached hydrogen (secondary N) is 1. The van der Waals surface area contributed by atoms with Crippen LogP contribution < -0.4 is 14.9 Å². The highest BCUT2D eigenvalue weighted by atomic mass is 19.1. The van der Waals surface area contributed by atoms with E-state index in [1.807, 2.05) is 19.9 Å². The molecule has 0 spiro atoms. The summed E-state index contributed by atoms with van der Waals surface area (Å²) in [4.78, 5) is 4.36. The molecule has 0 radical (unpaired) electrons. The van der Waals surface area contributed by atoms with Gasteiger partial charge in [-0.15, -0.1) is 0 Å². The van der Waals surface area contributed by atoms with Crippen molar-refractivity contribution in [2.24, 2.45) is 5.10 Å². The number of hydrogen-bond acceptors (Lipinski definition) is 7. The maximum Gasteiger partial charge on any atom is 0.164 e. The van der Waals surface area contributed by atoms with Gasteiger partial charge in [0.2, 0.25) is 0 Å². The van der Waals surface area contributed by atoms with Gasteiger partial charge in [-0.1, -0.05) is 18.2 Å². The Morgan fingerprint density at radius 3 is 2.64 bits per heavy atom. The van der Waals surface area contributed by atoms with Crippen molar-refractivity contribution >= 4 is 12.0 Å². The highest BCUT2D eigenvalue weighted by molar-refractivity contribution is 5.81. The molecule has 0 saturated carbocycles. The topological polar surface area (TPSA) is 88.8 Å². The van der Waals surface area contributed by atoms with Crippen molar-refractivity contribution in [2.45, 2.75) is 27.1 Å². The van der Waals surface area contributed by atoms with Crippen molar-refractivity contribution in [3.8, 4) is 17.6 Å². The molecule has 0 aliphatic rings. The molecule has 0 atom stereocenters. The molecule has 1 aromatic heterocycles. The van der Waals surface area contributed by atoms with E-state index in [4.69, 9.17) is 14.2 Å². The van der Waals surface area contributed by atoms with Crippen molar-refractivity contribution in [1.82, 2.24) is 4.98 Å². The van der Waals surface area contributed by atoms with Crippen molar-refractivity contribution in [1.29, 1.82) is 5.26 Å². The summed E-state index contributed by atoms with van der Waals surface area (Å²) in [6.45, 7) is 4.53. The molecule has 33 heavy (non-hydrogen) atoms. The molecule has 0 amide bonds. The second kappa shape index (κ2) is 11.6. The summed E-state index contributed by atoms with van der Waals surface area (Å²) in [7, 11) is 1.57. The predicted octanol–water partition coefficient (Wildman–Crippen LogP) is 4.97. The van der Waals surface area contributed by atoms with Crippen LogP contribution in [0.1, 0.15) is 34.9 Å². The summed E-state index contributed by atoms with van der Waals surface area (Å²) >= 11 is 0. The maximum absolute atomic E-state index is 13.9. The van der Waals surface area contributed by atoms with Crippen LogP contribution in [0.25, 0.3) is 0 Å². The average molecular weight is 448 g/mol. The monoisotopic (exact) mass is 448 g/mol. The smallest absolute Gasteiger partial charge is 0.164 e. The molecule has 0 saturated heterocycles. The Morgan fingerprint density at radius 1 is 1.09 bits per heavy atom. The first-order valence-electron chi connectivity index (χ1n) is 10.4. The molecule has 1 heterocycles. The number of ether oxygens (including phenoxy) is 3. The first kappa shape index (κ1) is 23.7. The molecule has 3 aromatic rings. The molecule has 2 aromatic carbocycles. The number of hydrogen-bond donors (Lipinski definition) is 1. The normalized spacial score (nSPS) is 10.8. The van der Waals surface area contributed by atoms with Gasteiger partial charge in [0.1, 0.15) is 24.1 Å². The summed E-state index contributed by atoms with van der Waals surface area (Å²) in [6.07, 6.45) is 1.59. The lowest BCUT2D eigenvalue weighted by atomic mass is 10.1. The summed E-state index contributed by atoms with van der Waals surface area (Å²) < 4.78 is 30.5. The first-order valence-corrected chi connectivity index (χ1v) is 10.4. The minimum absolute atomic E-state index is 0.0848. The molecule has 8 heteroatoms. The van der Waals surface area contributed by atoms with Gasteiger partial charge in [0.05, 0.1) is 19.4 Å². The van der Waals surface area contributed by atoms with E-state index in [9.17, 15) is 9.65 Å². The Morgan fingerprint density at radius 2 is 1.91 bits per heavy atom. The zero-order valence-corrected chi connectivity index (χ0v) is 18.8. The Bertz CT molecular complexity index is 1170. The molecule has 0 bridgehead atoms. The lowest BCUT2D eigenvalue weighted by molar-refractivity contribution is 0.184. The van der Waals surface area contributed by atoms with Crippen LogP contribution in [0.2, 0.25) is 0 Å². The zero-order valence-electron chi connectivity index (χ0n) is 18.8. The van der Waals surface area contributed by atoms with Gasteiger partial charge in [-0.2, -0.15) is 10.4 Å². The number of pyridine rings is 1. The van der Waals surface area contributed by atoms with E-state index in [1.54, 1.807) is 49.7 Å². The van der Waals surface area contributed by atoms with Crippen molar-refractivity contribution in [2.75, 3.05) is 19.1 Å². The molecular weight excluding hydrogens is 423 g/mol. The van der Waals surface area contributed by atoms with Crippen molar-refractivity contribution in [3.63, 3.8) is 0 Å². The highest BCUT2D eigenvalue weighted by Gasteiger charge is 2.11. The lowest BCUT2D eigenvalue weighted by Crippen LogP contribution is -2.04. The van der Waals surface area contributed by atoms with Crippen LogP contribution in [0, 0.1) is 24.1 Å². The molecule has 7 nitrogen and oxygen atoms in total. The van der Waals surface area contributed by atoms with E-state index in [2.05, 4.69) is 21.6 Å². The van der Waals surface area contributed by atoms with E-state index >= 15 is 0 Å². The number of methoxy groups -OCH3 is 1. The van der Waals surface area contributed by atoms with Gasteiger partial charge in [0.25, 0.3) is 0 Å². The number of nitriles is 1. The number of rotatable bonds is 10. The van der Waals surface area contributed by atoms with Crippen LogP contribution in [0.5, 0.6) is 11.5 Å². The van der Waals surface area contributed by atoms with E-state index in [0.29, 0.717) is 41.7 Å². The Hall–Kier alpha value is -3.96. The summed E-state index contributed by atoms with van der Waals surface area (Å²) in [5.74, 6) is 1.06. The molecular formula is C25H25FN4O3. The van der Waals surface area contributed by atoms with E-state index in [1.165, 1.54) is 6.07 Å². The van der Waals surface area contributed by atoms with Gasteiger partial charge in [-0.25, -0.2) is 9.37 Å². The molecule has 0 aliphatic heterocycles. The van der Waals surface area contributed by atoms with Crippen LogP contribution in [0.3, 0.4) is 0 Å². The minimum atomic E-state index is -0.319. The fourth-order valence-corrected chi connectivity index (χ4v) is 3.15. The summed E-state index contributed by atoms with van der Waals surface area (Å²) in [5, 5.41) is 13.7. The van der Waals surface area contributed by atoms with Crippen LogP contribution >= 0.6 is 0 Å². The molecule has 0 aliphatic carbocycles. The number of hydrazone groups is 1. The van der Waals surface area contributed by atoms with Gasteiger partial charge in [-0.05, 0) is 49.7 Å². The predicted molar refractivity (Wildman–Crippen MR) is 124 cm³/mol. The quantitative estimate of drug-likeness (QED) is 0.348. The molecule has 1 N–H and O–H groups in total. The zero-order chi connectivity index (χ0) is 23.6. The fourth-order valence-electron chi connectivity index (χ4n) is 3.15. The van der Waals surface area contributed by atoms with Gasteiger partial charge in [0, 0.05) is 23.9 Å². The SMILES string of the molecule is CCOc1cc(C=NNc2nc(C)cc(COC)c2C#N)ccc1OCc1ccccc1F. The first-order chi connectivity index (χ1) is 16.0. The van der Waals surface area contributed by atoms with Crippen molar-refractivity contribution < 1.29 is 18.6 Å². The Kier molecular flexibility index (Phi) is 8.33. The second-order valence-corrected chi connectivity index (χ2v) is 7.08.